The van der Waals surface area contributed by atoms with Gasteiger partial charge in [0.2, 0.25) is 5.91 Å². The van der Waals surface area contributed by atoms with Crippen LogP contribution >= 0.6 is 0 Å². The number of rotatable bonds is 8. The molecule has 1 fully saturated rings. The fourth-order valence-electron chi connectivity index (χ4n) is 5.08. The molecule has 0 unspecified atom stereocenters. The summed E-state index contributed by atoms with van der Waals surface area (Å²) in [4.78, 5) is 11.8. The lowest BCUT2D eigenvalue weighted by molar-refractivity contribution is -0.120. The SMILES string of the molecule is CC(=O)N[C@@H](Cc1cc(F)cc(F)c1)[C@H](O)CNC1(c2cccc(C(C)(C)C)c2)CCC(C)CC1. The molecule has 1 aliphatic rings. The van der Waals surface area contributed by atoms with E-state index in [4.69, 9.17) is 0 Å². The minimum Gasteiger partial charge on any atom is -0.390 e. The van der Waals surface area contributed by atoms with E-state index in [-0.39, 0.29) is 29.8 Å². The molecule has 4 nitrogen and oxygen atoms in total. The number of halogens is 2. The van der Waals surface area contributed by atoms with E-state index in [0.717, 1.165) is 31.7 Å². The quantitative estimate of drug-likeness (QED) is 0.470. The van der Waals surface area contributed by atoms with Gasteiger partial charge in [-0.05, 0) is 72.3 Å². The van der Waals surface area contributed by atoms with Crippen molar-refractivity contribution >= 4 is 5.91 Å². The molecule has 2 atom stereocenters. The summed E-state index contributed by atoms with van der Waals surface area (Å²) in [5.41, 5.74) is 2.61. The summed E-state index contributed by atoms with van der Waals surface area (Å²) in [6.07, 6.45) is 3.26. The second kappa shape index (κ2) is 11.2. The first-order chi connectivity index (χ1) is 16.4. The number of hydrogen-bond acceptors (Lipinski definition) is 3. The van der Waals surface area contributed by atoms with Gasteiger partial charge in [0, 0.05) is 25.1 Å². The number of amides is 1. The van der Waals surface area contributed by atoms with Crippen LogP contribution in [0.4, 0.5) is 8.78 Å². The number of benzene rings is 2. The van der Waals surface area contributed by atoms with Crippen molar-refractivity contribution in [1.82, 2.24) is 10.6 Å². The molecule has 1 saturated carbocycles. The largest absolute Gasteiger partial charge is 0.390 e. The number of hydrogen-bond donors (Lipinski definition) is 3. The van der Waals surface area contributed by atoms with Crippen molar-refractivity contribution in [3.8, 4) is 0 Å². The van der Waals surface area contributed by atoms with Gasteiger partial charge in [0.25, 0.3) is 0 Å². The molecule has 35 heavy (non-hydrogen) atoms. The van der Waals surface area contributed by atoms with Gasteiger partial charge in [-0.3, -0.25) is 4.79 Å². The normalized spacial score (nSPS) is 22.5. The van der Waals surface area contributed by atoms with E-state index in [2.05, 4.69) is 62.6 Å². The maximum Gasteiger partial charge on any atom is 0.217 e. The molecule has 192 valence electrons. The van der Waals surface area contributed by atoms with Crippen molar-refractivity contribution in [3.05, 3.63) is 70.8 Å². The van der Waals surface area contributed by atoms with Crippen LogP contribution in [-0.2, 0) is 22.2 Å². The fraction of sp³-hybridized carbons (Fsp3) is 0.552. The molecule has 0 bridgehead atoms. The molecule has 0 aliphatic heterocycles. The Kier molecular flexibility index (Phi) is 8.71. The van der Waals surface area contributed by atoms with Gasteiger partial charge in [-0.2, -0.15) is 0 Å². The molecule has 0 saturated heterocycles. The highest BCUT2D eigenvalue weighted by Crippen LogP contribution is 2.40. The lowest BCUT2D eigenvalue weighted by Crippen LogP contribution is -2.53. The van der Waals surface area contributed by atoms with Gasteiger partial charge < -0.3 is 15.7 Å². The van der Waals surface area contributed by atoms with E-state index < -0.39 is 23.8 Å². The van der Waals surface area contributed by atoms with Crippen molar-refractivity contribution < 1.29 is 18.7 Å². The number of nitrogens with one attached hydrogen (secondary N) is 2. The summed E-state index contributed by atoms with van der Waals surface area (Å²) in [5, 5.41) is 17.6. The van der Waals surface area contributed by atoms with Crippen molar-refractivity contribution in [1.29, 1.82) is 0 Å². The van der Waals surface area contributed by atoms with Gasteiger partial charge in [-0.1, -0.05) is 52.0 Å². The van der Waals surface area contributed by atoms with Crippen LogP contribution in [-0.4, -0.2) is 29.7 Å². The summed E-state index contributed by atoms with van der Waals surface area (Å²) >= 11 is 0. The minimum absolute atomic E-state index is 0.0232. The van der Waals surface area contributed by atoms with Crippen LogP contribution < -0.4 is 10.6 Å². The first kappa shape index (κ1) is 27.3. The van der Waals surface area contributed by atoms with Crippen LogP contribution in [0.15, 0.2) is 42.5 Å². The zero-order valence-corrected chi connectivity index (χ0v) is 21.6. The molecule has 0 spiro atoms. The number of carbonyl (C=O) groups is 1. The molecule has 3 rings (SSSR count). The molecule has 2 aromatic rings. The van der Waals surface area contributed by atoms with Gasteiger partial charge in [-0.15, -0.1) is 0 Å². The fourth-order valence-corrected chi connectivity index (χ4v) is 5.08. The molecular weight excluding hydrogens is 446 g/mol. The first-order valence-corrected chi connectivity index (χ1v) is 12.6. The summed E-state index contributed by atoms with van der Waals surface area (Å²) < 4.78 is 27.4. The van der Waals surface area contributed by atoms with Crippen LogP contribution in [0.25, 0.3) is 0 Å². The molecule has 2 aromatic carbocycles. The molecule has 6 heteroatoms. The van der Waals surface area contributed by atoms with Gasteiger partial charge in [0.05, 0.1) is 12.1 Å². The Hall–Kier alpha value is -2.31. The topological polar surface area (TPSA) is 61.4 Å². The zero-order valence-electron chi connectivity index (χ0n) is 21.6. The molecule has 1 amide bonds. The summed E-state index contributed by atoms with van der Waals surface area (Å²) in [5.74, 6) is -1.01. The van der Waals surface area contributed by atoms with Crippen molar-refractivity contribution in [2.75, 3.05) is 6.54 Å². The van der Waals surface area contributed by atoms with Crippen LogP contribution in [0.2, 0.25) is 0 Å². The van der Waals surface area contributed by atoms with Crippen molar-refractivity contribution in [2.45, 2.75) is 89.8 Å². The van der Waals surface area contributed by atoms with Gasteiger partial charge >= 0.3 is 0 Å². The monoisotopic (exact) mass is 486 g/mol. The molecule has 1 aliphatic carbocycles. The van der Waals surface area contributed by atoms with Crippen LogP contribution in [0.1, 0.15) is 77.0 Å². The Labute approximate surface area is 208 Å². The third-order valence-corrected chi connectivity index (χ3v) is 7.29. The minimum atomic E-state index is -0.938. The van der Waals surface area contributed by atoms with Crippen molar-refractivity contribution in [2.24, 2.45) is 5.92 Å². The second-order valence-electron chi connectivity index (χ2n) is 11.3. The number of aliphatic hydroxyl groups is 1. The predicted octanol–water partition coefficient (Wildman–Crippen LogP) is 5.37. The smallest absolute Gasteiger partial charge is 0.217 e. The standard InChI is InChI=1S/C29H40F2N2O2/c1-19-9-11-29(12-10-19,23-8-6-7-22(16-23)28(3,4)5)32-18-27(35)26(33-20(2)34)15-21-13-24(30)17-25(31)14-21/h6-8,13-14,16-17,19,26-27,32,35H,9-12,15,18H2,1-5H3,(H,33,34)/t19?,26-,27+,29?/m0/s1. The van der Waals surface area contributed by atoms with E-state index in [0.29, 0.717) is 11.5 Å². The highest BCUT2D eigenvalue weighted by atomic mass is 19.1. The Morgan fingerprint density at radius 2 is 1.74 bits per heavy atom. The number of carbonyl (C=O) groups excluding carboxylic acids is 1. The van der Waals surface area contributed by atoms with Crippen molar-refractivity contribution in [3.63, 3.8) is 0 Å². The van der Waals surface area contributed by atoms with Gasteiger partial charge in [-0.25, -0.2) is 8.78 Å². The Morgan fingerprint density at radius 1 is 1.11 bits per heavy atom. The summed E-state index contributed by atoms with van der Waals surface area (Å²) in [7, 11) is 0. The molecule has 0 aromatic heterocycles. The second-order valence-corrected chi connectivity index (χ2v) is 11.3. The van der Waals surface area contributed by atoms with E-state index in [1.807, 2.05) is 0 Å². The highest BCUT2D eigenvalue weighted by molar-refractivity contribution is 5.73. The highest BCUT2D eigenvalue weighted by Gasteiger charge is 2.37. The average molecular weight is 487 g/mol. The maximum atomic E-state index is 13.7. The summed E-state index contributed by atoms with van der Waals surface area (Å²) in [6, 6.07) is 11.3. The Morgan fingerprint density at radius 3 is 2.31 bits per heavy atom. The van der Waals surface area contributed by atoms with Crippen LogP contribution in [0, 0.1) is 17.6 Å². The van der Waals surface area contributed by atoms with Crippen LogP contribution in [0.5, 0.6) is 0 Å². The molecular formula is C29H40F2N2O2. The zero-order chi connectivity index (χ0) is 25.8. The van der Waals surface area contributed by atoms with E-state index >= 15 is 0 Å². The molecule has 3 N–H and O–H groups in total. The van der Waals surface area contributed by atoms with Gasteiger partial charge in [0.15, 0.2) is 0 Å². The average Bonchev–Trinajstić information content (AvgIpc) is 2.77. The Balaban J connectivity index is 1.82. The number of aliphatic hydroxyl groups excluding tert-OH is 1. The van der Waals surface area contributed by atoms with Gasteiger partial charge in [0.1, 0.15) is 11.6 Å². The lowest BCUT2D eigenvalue weighted by atomic mass is 9.72. The Bertz CT molecular complexity index is 990. The summed E-state index contributed by atoms with van der Waals surface area (Å²) in [6.45, 7) is 10.5. The van der Waals surface area contributed by atoms with E-state index in [9.17, 15) is 18.7 Å². The third-order valence-electron chi connectivity index (χ3n) is 7.29. The van der Waals surface area contributed by atoms with E-state index in [1.165, 1.54) is 30.2 Å². The first-order valence-electron chi connectivity index (χ1n) is 12.6. The molecule has 0 radical (unpaired) electrons. The molecule has 0 heterocycles. The van der Waals surface area contributed by atoms with E-state index in [1.54, 1.807) is 0 Å². The predicted molar refractivity (Wildman–Crippen MR) is 136 cm³/mol. The maximum absolute atomic E-state index is 13.7. The lowest BCUT2D eigenvalue weighted by Gasteiger charge is -2.42. The van der Waals surface area contributed by atoms with Crippen LogP contribution in [0.3, 0.4) is 0 Å². The third kappa shape index (κ3) is 7.34.